The van der Waals surface area contributed by atoms with Crippen LogP contribution in [-0.4, -0.2) is 37.6 Å². The van der Waals surface area contributed by atoms with E-state index in [0.717, 1.165) is 12.6 Å². The maximum atomic E-state index is 3.39. The lowest BCUT2D eigenvalue weighted by atomic mass is 9.80. The van der Waals surface area contributed by atoms with E-state index in [2.05, 4.69) is 38.0 Å². The molecule has 96 valence electrons. The Kier molecular flexibility index (Phi) is 5.77. The summed E-state index contributed by atoms with van der Waals surface area (Å²) in [7, 11) is 2.08. The van der Waals surface area contributed by atoms with E-state index in [4.69, 9.17) is 0 Å². The summed E-state index contributed by atoms with van der Waals surface area (Å²) in [6.45, 7) is 10.8. The normalized spacial score (nSPS) is 23.6. The summed E-state index contributed by atoms with van der Waals surface area (Å²) < 4.78 is 0. The average Bonchev–Trinajstić information content (AvgIpc) is 2.31. The van der Waals surface area contributed by atoms with Gasteiger partial charge < -0.3 is 10.2 Å². The van der Waals surface area contributed by atoms with Crippen LogP contribution in [0.1, 0.15) is 52.9 Å². The highest BCUT2D eigenvalue weighted by atomic mass is 15.2. The number of rotatable bonds is 6. The monoisotopic (exact) mass is 226 g/mol. The molecule has 0 saturated carbocycles. The minimum absolute atomic E-state index is 0.486. The molecule has 16 heavy (non-hydrogen) atoms. The third kappa shape index (κ3) is 3.46. The van der Waals surface area contributed by atoms with Gasteiger partial charge in [-0.25, -0.2) is 0 Å². The second kappa shape index (κ2) is 6.61. The summed E-state index contributed by atoms with van der Waals surface area (Å²) in [5, 5.41) is 3.39. The van der Waals surface area contributed by atoms with Crippen LogP contribution in [0.25, 0.3) is 0 Å². The van der Waals surface area contributed by atoms with Crippen molar-refractivity contribution in [1.29, 1.82) is 0 Å². The number of nitrogens with zero attached hydrogens (tertiary/aromatic N) is 1. The summed E-state index contributed by atoms with van der Waals surface area (Å²) in [5.41, 5.74) is 0.486. The summed E-state index contributed by atoms with van der Waals surface area (Å²) in [6.07, 6.45) is 6.78. The molecule has 0 aromatic rings. The van der Waals surface area contributed by atoms with Crippen LogP contribution in [0, 0.1) is 5.41 Å². The van der Waals surface area contributed by atoms with Gasteiger partial charge in [0.05, 0.1) is 0 Å². The van der Waals surface area contributed by atoms with Crippen LogP contribution in [0.3, 0.4) is 0 Å². The first kappa shape index (κ1) is 14.0. The standard InChI is InChI=1S/C14H30N2/c1-5-14(6-2,11-15-4)12-16-10-8-7-9-13(16)3/h13,15H,5-12H2,1-4H3. The van der Waals surface area contributed by atoms with Crippen molar-refractivity contribution in [3.05, 3.63) is 0 Å². The van der Waals surface area contributed by atoms with Crippen LogP contribution in [0.5, 0.6) is 0 Å². The van der Waals surface area contributed by atoms with Gasteiger partial charge in [0, 0.05) is 19.1 Å². The highest BCUT2D eigenvalue weighted by Crippen LogP contribution is 2.29. The van der Waals surface area contributed by atoms with Gasteiger partial charge >= 0.3 is 0 Å². The van der Waals surface area contributed by atoms with E-state index in [9.17, 15) is 0 Å². The number of hydrogen-bond donors (Lipinski definition) is 1. The fourth-order valence-electron chi connectivity index (χ4n) is 2.98. The average molecular weight is 226 g/mol. The zero-order valence-corrected chi connectivity index (χ0v) is 11.7. The molecule has 1 atom stereocenters. The first-order chi connectivity index (χ1) is 7.67. The number of hydrogen-bond acceptors (Lipinski definition) is 2. The van der Waals surface area contributed by atoms with Crippen molar-refractivity contribution < 1.29 is 0 Å². The van der Waals surface area contributed by atoms with Gasteiger partial charge in [-0.15, -0.1) is 0 Å². The van der Waals surface area contributed by atoms with Gasteiger partial charge in [-0.05, 0) is 51.6 Å². The topological polar surface area (TPSA) is 15.3 Å². The smallest absolute Gasteiger partial charge is 0.00671 e. The molecule has 0 aromatic carbocycles. The number of piperidine rings is 1. The minimum atomic E-state index is 0.486. The Labute approximate surface area is 102 Å². The van der Waals surface area contributed by atoms with Crippen molar-refractivity contribution in [3.8, 4) is 0 Å². The van der Waals surface area contributed by atoms with E-state index in [0.29, 0.717) is 5.41 Å². The zero-order valence-electron chi connectivity index (χ0n) is 11.7. The first-order valence-electron chi connectivity index (χ1n) is 7.06. The van der Waals surface area contributed by atoms with E-state index in [1.165, 1.54) is 45.2 Å². The molecule has 0 aromatic heterocycles. The van der Waals surface area contributed by atoms with Crippen molar-refractivity contribution in [2.75, 3.05) is 26.7 Å². The van der Waals surface area contributed by atoms with Crippen molar-refractivity contribution in [3.63, 3.8) is 0 Å². The summed E-state index contributed by atoms with van der Waals surface area (Å²) in [6, 6.07) is 0.795. The molecule has 0 bridgehead atoms. The second-order valence-electron chi connectivity index (χ2n) is 5.55. The molecule has 1 aliphatic heterocycles. The highest BCUT2D eigenvalue weighted by Gasteiger charge is 2.30. The van der Waals surface area contributed by atoms with Crippen LogP contribution in [0.2, 0.25) is 0 Å². The van der Waals surface area contributed by atoms with Gasteiger partial charge in [0.25, 0.3) is 0 Å². The summed E-state index contributed by atoms with van der Waals surface area (Å²) in [5.74, 6) is 0. The first-order valence-corrected chi connectivity index (χ1v) is 7.06. The van der Waals surface area contributed by atoms with Crippen molar-refractivity contribution in [2.24, 2.45) is 5.41 Å². The molecule has 0 radical (unpaired) electrons. The van der Waals surface area contributed by atoms with Crippen molar-refractivity contribution >= 4 is 0 Å². The lowest BCUT2D eigenvalue weighted by Gasteiger charge is -2.42. The predicted molar refractivity (Wildman–Crippen MR) is 71.8 cm³/mol. The fourth-order valence-corrected chi connectivity index (χ4v) is 2.98. The highest BCUT2D eigenvalue weighted by molar-refractivity contribution is 4.85. The van der Waals surface area contributed by atoms with Crippen molar-refractivity contribution in [1.82, 2.24) is 10.2 Å². The molecule has 0 amide bonds. The molecule has 1 heterocycles. The van der Waals surface area contributed by atoms with Gasteiger partial charge in [0.2, 0.25) is 0 Å². The summed E-state index contributed by atoms with van der Waals surface area (Å²) in [4.78, 5) is 2.72. The molecule has 1 unspecified atom stereocenters. The molecule has 1 saturated heterocycles. The molecular formula is C14H30N2. The Bertz CT molecular complexity index is 187. The van der Waals surface area contributed by atoms with Gasteiger partial charge in [-0.3, -0.25) is 0 Å². The van der Waals surface area contributed by atoms with E-state index in [-0.39, 0.29) is 0 Å². The molecule has 1 fully saturated rings. The molecule has 2 nitrogen and oxygen atoms in total. The fraction of sp³-hybridized carbons (Fsp3) is 1.00. The Balaban J connectivity index is 2.58. The van der Waals surface area contributed by atoms with Crippen LogP contribution >= 0.6 is 0 Å². The van der Waals surface area contributed by atoms with Gasteiger partial charge in [-0.2, -0.15) is 0 Å². The molecule has 1 aliphatic rings. The third-order valence-corrected chi connectivity index (χ3v) is 4.53. The Hall–Kier alpha value is -0.0800. The van der Waals surface area contributed by atoms with E-state index in [1.54, 1.807) is 0 Å². The Morgan fingerprint density at radius 2 is 1.94 bits per heavy atom. The summed E-state index contributed by atoms with van der Waals surface area (Å²) >= 11 is 0. The number of likely N-dealkylation sites (tertiary alicyclic amines) is 1. The maximum absolute atomic E-state index is 3.39. The lowest BCUT2D eigenvalue weighted by molar-refractivity contribution is 0.0816. The van der Waals surface area contributed by atoms with Crippen LogP contribution in [-0.2, 0) is 0 Å². The lowest BCUT2D eigenvalue weighted by Crippen LogP contribution is -2.47. The molecular weight excluding hydrogens is 196 g/mol. The van der Waals surface area contributed by atoms with E-state index >= 15 is 0 Å². The van der Waals surface area contributed by atoms with Gasteiger partial charge in [-0.1, -0.05) is 20.3 Å². The quantitative estimate of drug-likeness (QED) is 0.749. The minimum Gasteiger partial charge on any atom is -0.319 e. The van der Waals surface area contributed by atoms with Crippen molar-refractivity contribution in [2.45, 2.75) is 58.9 Å². The van der Waals surface area contributed by atoms with Gasteiger partial charge in [0.1, 0.15) is 0 Å². The molecule has 1 N–H and O–H groups in total. The van der Waals surface area contributed by atoms with E-state index < -0.39 is 0 Å². The number of nitrogens with one attached hydrogen (secondary N) is 1. The maximum Gasteiger partial charge on any atom is 0.00671 e. The van der Waals surface area contributed by atoms with Crippen LogP contribution in [0.4, 0.5) is 0 Å². The zero-order chi connectivity index (χ0) is 12.0. The van der Waals surface area contributed by atoms with Crippen LogP contribution in [0.15, 0.2) is 0 Å². The third-order valence-electron chi connectivity index (χ3n) is 4.53. The molecule has 2 heteroatoms. The molecule has 1 rings (SSSR count). The Morgan fingerprint density at radius 3 is 2.44 bits per heavy atom. The second-order valence-corrected chi connectivity index (χ2v) is 5.55. The molecule has 0 spiro atoms. The Morgan fingerprint density at radius 1 is 1.25 bits per heavy atom. The largest absolute Gasteiger partial charge is 0.319 e. The predicted octanol–water partition coefficient (Wildman–Crippen LogP) is 2.89. The van der Waals surface area contributed by atoms with Crippen LogP contribution < -0.4 is 5.32 Å². The van der Waals surface area contributed by atoms with E-state index in [1.807, 2.05) is 0 Å². The SMILES string of the molecule is CCC(CC)(CNC)CN1CCCCC1C. The molecule has 0 aliphatic carbocycles. The van der Waals surface area contributed by atoms with Gasteiger partial charge in [0.15, 0.2) is 0 Å².